The van der Waals surface area contributed by atoms with Crippen LogP contribution in [0, 0.1) is 5.92 Å². The van der Waals surface area contributed by atoms with Crippen molar-refractivity contribution < 1.29 is 9.59 Å². The lowest BCUT2D eigenvalue weighted by Gasteiger charge is -2.47. The maximum atomic E-state index is 12.9. The zero-order valence-corrected chi connectivity index (χ0v) is 14.3. The lowest BCUT2D eigenvalue weighted by molar-refractivity contribution is -0.158. The number of amides is 2. The van der Waals surface area contributed by atoms with Gasteiger partial charge in [-0.05, 0) is 24.5 Å². The Balaban J connectivity index is 2.21. The monoisotopic (exact) mass is 312 g/mol. The molecule has 2 unspecified atom stereocenters. The Bertz CT molecular complexity index is 394. The van der Waals surface area contributed by atoms with Crippen molar-refractivity contribution in [3.8, 4) is 0 Å². The Hall–Kier alpha value is -0.710. The first-order chi connectivity index (χ1) is 10.1. The number of thioether (sulfide) groups is 1. The van der Waals surface area contributed by atoms with Gasteiger partial charge in [-0.15, -0.1) is 0 Å². The molecule has 1 aliphatic heterocycles. The van der Waals surface area contributed by atoms with Crippen molar-refractivity contribution >= 4 is 23.6 Å². The molecule has 5 heteroatoms. The van der Waals surface area contributed by atoms with E-state index in [1.54, 1.807) is 0 Å². The van der Waals surface area contributed by atoms with Crippen LogP contribution in [0.2, 0.25) is 0 Å². The summed E-state index contributed by atoms with van der Waals surface area (Å²) in [6.07, 6.45) is 4.66. The van der Waals surface area contributed by atoms with Crippen molar-refractivity contribution in [3.63, 3.8) is 0 Å². The highest BCUT2D eigenvalue weighted by Gasteiger charge is 2.54. The topological polar surface area (TPSA) is 49.4 Å². The van der Waals surface area contributed by atoms with Crippen LogP contribution in [0.4, 0.5) is 0 Å². The molecule has 0 aromatic heterocycles. The number of nitrogens with zero attached hydrogens (tertiary/aromatic N) is 1. The van der Waals surface area contributed by atoms with E-state index < -0.39 is 5.54 Å². The quantitative estimate of drug-likeness (QED) is 0.766. The van der Waals surface area contributed by atoms with E-state index in [0.717, 1.165) is 43.6 Å². The molecule has 1 heterocycles. The standard InChI is InChI=1S/C16H28N2O2S/c1-4-12(3)13-14(19)18(10-11-21-5-2)16(15(20)17-13)8-6-7-9-16/h12-13H,4-11H2,1-3H3,(H,17,20). The second kappa shape index (κ2) is 7.03. The molecule has 1 saturated carbocycles. The maximum Gasteiger partial charge on any atom is 0.246 e. The molecule has 21 heavy (non-hydrogen) atoms. The van der Waals surface area contributed by atoms with Gasteiger partial charge in [-0.1, -0.05) is 40.0 Å². The van der Waals surface area contributed by atoms with Crippen LogP contribution in [0.1, 0.15) is 52.9 Å². The minimum atomic E-state index is -0.546. The third kappa shape index (κ3) is 3.08. The van der Waals surface area contributed by atoms with Crippen molar-refractivity contribution in [1.29, 1.82) is 0 Å². The Kier molecular flexibility index (Phi) is 5.58. The first-order valence-electron chi connectivity index (χ1n) is 8.27. The third-order valence-corrected chi connectivity index (χ3v) is 5.94. The second-order valence-electron chi connectivity index (χ2n) is 6.26. The van der Waals surface area contributed by atoms with E-state index in [1.807, 2.05) is 16.7 Å². The lowest BCUT2D eigenvalue weighted by Crippen LogP contribution is -2.71. The van der Waals surface area contributed by atoms with Gasteiger partial charge in [0.2, 0.25) is 11.8 Å². The van der Waals surface area contributed by atoms with Gasteiger partial charge < -0.3 is 10.2 Å². The number of hydrogen-bond donors (Lipinski definition) is 1. The average molecular weight is 312 g/mol. The van der Waals surface area contributed by atoms with Crippen LogP contribution >= 0.6 is 11.8 Å². The van der Waals surface area contributed by atoms with Crippen LogP contribution in [0.5, 0.6) is 0 Å². The molecule has 4 nitrogen and oxygen atoms in total. The number of rotatable bonds is 6. The highest BCUT2D eigenvalue weighted by atomic mass is 32.2. The number of carbonyl (C=O) groups excluding carboxylic acids is 2. The highest BCUT2D eigenvalue weighted by Crippen LogP contribution is 2.39. The van der Waals surface area contributed by atoms with E-state index in [1.165, 1.54) is 0 Å². The zero-order chi connectivity index (χ0) is 15.5. The summed E-state index contributed by atoms with van der Waals surface area (Å²) in [4.78, 5) is 27.6. The van der Waals surface area contributed by atoms with Gasteiger partial charge in [0.1, 0.15) is 11.6 Å². The molecule has 120 valence electrons. The summed E-state index contributed by atoms with van der Waals surface area (Å²) in [6, 6.07) is -0.333. The van der Waals surface area contributed by atoms with E-state index in [0.29, 0.717) is 6.54 Å². The Morgan fingerprint density at radius 2 is 2.00 bits per heavy atom. The molecule has 0 bridgehead atoms. The van der Waals surface area contributed by atoms with Crippen molar-refractivity contribution in [1.82, 2.24) is 10.2 Å². The molecule has 2 aliphatic rings. The van der Waals surface area contributed by atoms with E-state index in [-0.39, 0.29) is 23.8 Å². The van der Waals surface area contributed by atoms with Gasteiger partial charge in [-0.2, -0.15) is 11.8 Å². The summed E-state index contributed by atoms with van der Waals surface area (Å²) in [5.41, 5.74) is -0.546. The molecule has 2 atom stereocenters. The molecule has 1 saturated heterocycles. The Morgan fingerprint density at radius 3 is 2.57 bits per heavy atom. The average Bonchev–Trinajstić information content (AvgIpc) is 2.96. The van der Waals surface area contributed by atoms with Gasteiger partial charge in [0.05, 0.1) is 0 Å². The van der Waals surface area contributed by atoms with Crippen molar-refractivity contribution in [2.45, 2.75) is 64.5 Å². The Labute approximate surface area is 132 Å². The molecule has 0 aromatic rings. The van der Waals surface area contributed by atoms with E-state index >= 15 is 0 Å². The summed E-state index contributed by atoms with van der Waals surface area (Å²) in [7, 11) is 0. The first kappa shape index (κ1) is 16.7. The molecule has 0 aromatic carbocycles. The smallest absolute Gasteiger partial charge is 0.246 e. The molecule has 1 spiro atoms. The van der Waals surface area contributed by atoms with E-state index in [4.69, 9.17) is 0 Å². The summed E-state index contributed by atoms with van der Waals surface area (Å²) in [5, 5.41) is 3.03. The summed E-state index contributed by atoms with van der Waals surface area (Å²) >= 11 is 1.84. The van der Waals surface area contributed by atoms with Crippen LogP contribution in [-0.4, -0.2) is 46.3 Å². The minimum absolute atomic E-state index is 0.0893. The fourth-order valence-electron chi connectivity index (χ4n) is 3.54. The fourth-order valence-corrected chi connectivity index (χ4v) is 4.14. The predicted octanol–water partition coefficient (Wildman–Crippen LogP) is 2.43. The number of nitrogens with one attached hydrogen (secondary N) is 1. The summed E-state index contributed by atoms with van der Waals surface area (Å²) < 4.78 is 0. The van der Waals surface area contributed by atoms with E-state index in [2.05, 4.69) is 26.1 Å². The number of carbonyl (C=O) groups is 2. The predicted molar refractivity (Wildman–Crippen MR) is 87.3 cm³/mol. The summed E-state index contributed by atoms with van der Waals surface area (Å²) in [5.74, 6) is 2.40. The molecule has 2 fully saturated rings. The second-order valence-corrected chi connectivity index (χ2v) is 7.66. The first-order valence-corrected chi connectivity index (χ1v) is 9.42. The fraction of sp³-hybridized carbons (Fsp3) is 0.875. The molecular formula is C16H28N2O2S. The molecule has 1 N–H and O–H groups in total. The zero-order valence-electron chi connectivity index (χ0n) is 13.5. The van der Waals surface area contributed by atoms with Crippen LogP contribution in [0.3, 0.4) is 0 Å². The molecule has 1 aliphatic carbocycles. The molecule has 2 amide bonds. The van der Waals surface area contributed by atoms with Gasteiger partial charge in [0.25, 0.3) is 0 Å². The van der Waals surface area contributed by atoms with Gasteiger partial charge >= 0.3 is 0 Å². The largest absolute Gasteiger partial charge is 0.342 e. The maximum absolute atomic E-state index is 12.9. The Morgan fingerprint density at radius 1 is 1.33 bits per heavy atom. The molecule has 2 rings (SSSR count). The normalized spacial score (nSPS) is 26.2. The van der Waals surface area contributed by atoms with Crippen LogP contribution < -0.4 is 5.32 Å². The minimum Gasteiger partial charge on any atom is -0.342 e. The third-order valence-electron chi connectivity index (χ3n) is 5.07. The van der Waals surface area contributed by atoms with E-state index in [9.17, 15) is 9.59 Å². The SMILES string of the molecule is CCSCCN1C(=O)C(C(C)CC)NC(=O)C12CCCC2. The highest BCUT2D eigenvalue weighted by molar-refractivity contribution is 7.99. The summed E-state index contributed by atoms with van der Waals surface area (Å²) in [6.45, 7) is 6.95. The van der Waals surface area contributed by atoms with Crippen LogP contribution in [-0.2, 0) is 9.59 Å². The van der Waals surface area contributed by atoms with Crippen molar-refractivity contribution in [2.75, 3.05) is 18.1 Å². The van der Waals surface area contributed by atoms with Gasteiger partial charge in [-0.3, -0.25) is 9.59 Å². The molecule has 0 radical (unpaired) electrons. The van der Waals surface area contributed by atoms with Crippen LogP contribution in [0.25, 0.3) is 0 Å². The number of piperazine rings is 1. The van der Waals surface area contributed by atoms with Crippen molar-refractivity contribution in [2.24, 2.45) is 5.92 Å². The van der Waals surface area contributed by atoms with Gasteiger partial charge in [0, 0.05) is 12.3 Å². The van der Waals surface area contributed by atoms with Crippen molar-refractivity contribution in [3.05, 3.63) is 0 Å². The lowest BCUT2D eigenvalue weighted by atomic mass is 9.86. The molecular weight excluding hydrogens is 284 g/mol. The van der Waals surface area contributed by atoms with Gasteiger partial charge in [-0.25, -0.2) is 0 Å². The van der Waals surface area contributed by atoms with Crippen LogP contribution in [0.15, 0.2) is 0 Å². The number of hydrogen-bond acceptors (Lipinski definition) is 3. The van der Waals surface area contributed by atoms with Gasteiger partial charge in [0.15, 0.2) is 0 Å².